The Morgan fingerprint density at radius 2 is 2.00 bits per heavy atom. The fraction of sp³-hybridized carbons (Fsp3) is 0.353. The van der Waals surface area contributed by atoms with E-state index in [0.29, 0.717) is 23.6 Å². The van der Waals surface area contributed by atoms with Crippen molar-refractivity contribution in [3.8, 4) is 0 Å². The van der Waals surface area contributed by atoms with Crippen LogP contribution in [-0.4, -0.2) is 22.0 Å². The van der Waals surface area contributed by atoms with Crippen LogP contribution in [0.1, 0.15) is 31.2 Å². The normalized spacial score (nSPS) is 14.4. The van der Waals surface area contributed by atoms with Crippen LogP contribution in [0, 0.1) is 0 Å². The minimum absolute atomic E-state index is 0.149. The first-order valence-electron chi connectivity index (χ1n) is 8.07. The molecular formula is C17H20ClN5O. The van der Waals surface area contributed by atoms with Crippen LogP contribution in [0.25, 0.3) is 0 Å². The Hall–Kier alpha value is -2.34. The Kier molecular flexibility index (Phi) is 5.48. The van der Waals surface area contributed by atoms with E-state index in [1.807, 2.05) is 24.3 Å². The number of carbonyl (C=O) groups is 1. The van der Waals surface area contributed by atoms with Gasteiger partial charge in [0.1, 0.15) is 0 Å². The van der Waals surface area contributed by atoms with Crippen LogP contribution < -0.4 is 16.0 Å². The lowest BCUT2D eigenvalue weighted by Gasteiger charge is -2.13. The van der Waals surface area contributed by atoms with Crippen LogP contribution in [0.5, 0.6) is 0 Å². The average molecular weight is 346 g/mol. The van der Waals surface area contributed by atoms with E-state index in [4.69, 9.17) is 11.6 Å². The molecule has 7 heteroatoms. The Labute approximate surface area is 146 Å². The van der Waals surface area contributed by atoms with Crippen LogP contribution in [0.2, 0.25) is 5.15 Å². The van der Waals surface area contributed by atoms with Gasteiger partial charge in [-0.1, -0.05) is 36.6 Å². The summed E-state index contributed by atoms with van der Waals surface area (Å²) in [6, 6.07) is 7.81. The number of hydrogen-bond acceptors (Lipinski definition) is 4. The second-order valence-corrected chi connectivity index (χ2v) is 6.19. The summed E-state index contributed by atoms with van der Waals surface area (Å²) in [6.07, 6.45) is 7.64. The maximum Gasteiger partial charge on any atom is 0.319 e. The lowest BCUT2D eigenvalue weighted by molar-refractivity contribution is 0.248. The van der Waals surface area contributed by atoms with Gasteiger partial charge in [0.05, 0.1) is 0 Å². The molecule has 1 fully saturated rings. The van der Waals surface area contributed by atoms with Crippen molar-refractivity contribution < 1.29 is 4.79 Å². The number of anilines is 2. The predicted molar refractivity (Wildman–Crippen MR) is 95.2 cm³/mol. The van der Waals surface area contributed by atoms with E-state index in [1.54, 1.807) is 12.4 Å². The van der Waals surface area contributed by atoms with E-state index >= 15 is 0 Å². The topological polar surface area (TPSA) is 78.9 Å². The van der Waals surface area contributed by atoms with E-state index in [2.05, 4.69) is 25.9 Å². The van der Waals surface area contributed by atoms with Crippen molar-refractivity contribution in [2.24, 2.45) is 0 Å². The van der Waals surface area contributed by atoms with Gasteiger partial charge in [0.15, 0.2) is 11.0 Å². The molecule has 0 atom stereocenters. The van der Waals surface area contributed by atoms with Crippen molar-refractivity contribution in [3.05, 3.63) is 47.4 Å². The highest BCUT2D eigenvalue weighted by Crippen LogP contribution is 2.19. The molecule has 1 saturated carbocycles. The quantitative estimate of drug-likeness (QED) is 0.770. The molecule has 0 spiro atoms. The summed E-state index contributed by atoms with van der Waals surface area (Å²) in [5, 5.41) is 9.37. The number of carbonyl (C=O) groups excluding carboxylic acids is 1. The Morgan fingerprint density at radius 3 is 2.79 bits per heavy atom. The van der Waals surface area contributed by atoms with Crippen LogP contribution in [-0.2, 0) is 6.54 Å². The number of rotatable bonds is 5. The Morgan fingerprint density at radius 1 is 1.21 bits per heavy atom. The van der Waals surface area contributed by atoms with Gasteiger partial charge in [-0.25, -0.2) is 14.8 Å². The molecule has 1 heterocycles. The van der Waals surface area contributed by atoms with Gasteiger partial charge in [-0.15, -0.1) is 0 Å². The summed E-state index contributed by atoms with van der Waals surface area (Å²) in [5.41, 5.74) is 1.77. The monoisotopic (exact) mass is 345 g/mol. The van der Waals surface area contributed by atoms with Gasteiger partial charge < -0.3 is 16.0 Å². The number of hydrogen-bond donors (Lipinski definition) is 3. The molecule has 24 heavy (non-hydrogen) atoms. The molecule has 1 aliphatic carbocycles. The summed E-state index contributed by atoms with van der Waals surface area (Å²) in [4.78, 5) is 20.1. The summed E-state index contributed by atoms with van der Waals surface area (Å²) in [6.45, 7) is 0.540. The van der Waals surface area contributed by atoms with E-state index in [1.165, 1.54) is 12.8 Å². The average Bonchev–Trinajstić information content (AvgIpc) is 3.07. The first-order chi connectivity index (χ1) is 11.7. The predicted octanol–water partition coefficient (Wildman–Crippen LogP) is 3.81. The first kappa shape index (κ1) is 16.5. The molecule has 1 aromatic heterocycles. The summed E-state index contributed by atoms with van der Waals surface area (Å²) in [5.74, 6) is 0.538. The highest BCUT2D eigenvalue weighted by molar-refractivity contribution is 6.31. The molecule has 126 valence electrons. The van der Waals surface area contributed by atoms with Crippen LogP contribution in [0.4, 0.5) is 16.3 Å². The smallest absolute Gasteiger partial charge is 0.319 e. The molecule has 3 N–H and O–H groups in total. The van der Waals surface area contributed by atoms with Gasteiger partial charge in [-0.2, -0.15) is 0 Å². The maximum atomic E-state index is 12.0. The van der Waals surface area contributed by atoms with E-state index < -0.39 is 0 Å². The van der Waals surface area contributed by atoms with Crippen molar-refractivity contribution >= 4 is 29.1 Å². The SMILES string of the molecule is O=C(Nc1cccc(CNc2nccnc2Cl)c1)NC1CCCC1. The Balaban J connectivity index is 1.55. The number of halogens is 1. The molecule has 0 bridgehead atoms. The molecule has 2 amide bonds. The maximum absolute atomic E-state index is 12.0. The van der Waals surface area contributed by atoms with E-state index in [-0.39, 0.29) is 6.03 Å². The molecule has 0 aliphatic heterocycles. The lowest BCUT2D eigenvalue weighted by atomic mass is 10.2. The zero-order valence-corrected chi connectivity index (χ0v) is 14.0. The third-order valence-corrected chi connectivity index (χ3v) is 4.27. The second kappa shape index (κ2) is 7.97. The standard InChI is InChI=1S/C17H20ClN5O/c18-15-16(20-9-8-19-15)21-11-12-4-3-7-14(10-12)23-17(24)22-13-5-1-2-6-13/h3-4,7-10,13H,1-2,5-6,11H2,(H,20,21)(H2,22,23,24). The molecule has 1 aliphatic rings. The molecule has 1 aromatic carbocycles. The highest BCUT2D eigenvalue weighted by atomic mass is 35.5. The molecule has 3 rings (SSSR count). The number of nitrogens with zero attached hydrogens (tertiary/aromatic N) is 2. The van der Waals surface area contributed by atoms with Gasteiger partial charge in [0.25, 0.3) is 0 Å². The fourth-order valence-corrected chi connectivity index (χ4v) is 2.98. The van der Waals surface area contributed by atoms with E-state index in [9.17, 15) is 4.79 Å². The molecule has 0 unspecified atom stereocenters. The summed E-state index contributed by atoms with van der Waals surface area (Å²) < 4.78 is 0. The zero-order valence-electron chi connectivity index (χ0n) is 13.3. The number of aromatic nitrogens is 2. The van der Waals surface area contributed by atoms with Gasteiger partial charge in [0.2, 0.25) is 0 Å². The molecule has 6 nitrogen and oxygen atoms in total. The van der Waals surface area contributed by atoms with E-state index in [0.717, 1.165) is 24.1 Å². The number of amides is 2. The number of urea groups is 1. The lowest BCUT2D eigenvalue weighted by Crippen LogP contribution is -2.36. The number of nitrogens with one attached hydrogen (secondary N) is 3. The highest BCUT2D eigenvalue weighted by Gasteiger charge is 2.16. The van der Waals surface area contributed by atoms with Gasteiger partial charge in [-0.05, 0) is 30.5 Å². The van der Waals surface area contributed by atoms with Gasteiger partial charge in [-0.3, -0.25) is 0 Å². The molecule has 0 radical (unpaired) electrons. The fourth-order valence-electron chi connectivity index (χ4n) is 2.81. The van der Waals surface area contributed by atoms with Gasteiger partial charge in [0, 0.05) is 30.7 Å². The summed E-state index contributed by atoms with van der Waals surface area (Å²) in [7, 11) is 0. The largest absolute Gasteiger partial charge is 0.363 e. The van der Waals surface area contributed by atoms with Crippen LogP contribution in [0.15, 0.2) is 36.7 Å². The van der Waals surface area contributed by atoms with Crippen molar-refractivity contribution in [1.29, 1.82) is 0 Å². The van der Waals surface area contributed by atoms with Crippen molar-refractivity contribution in [2.45, 2.75) is 38.3 Å². The van der Waals surface area contributed by atoms with Crippen molar-refractivity contribution in [1.82, 2.24) is 15.3 Å². The number of benzene rings is 1. The van der Waals surface area contributed by atoms with Crippen molar-refractivity contribution in [2.75, 3.05) is 10.6 Å². The zero-order chi connectivity index (χ0) is 16.8. The van der Waals surface area contributed by atoms with Crippen LogP contribution >= 0.6 is 11.6 Å². The molecule has 2 aromatic rings. The molecular weight excluding hydrogens is 326 g/mol. The van der Waals surface area contributed by atoms with Gasteiger partial charge >= 0.3 is 6.03 Å². The third-order valence-electron chi connectivity index (χ3n) is 3.99. The Bertz CT molecular complexity index is 703. The second-order valence-electron chi connectivity index (χ2n) is 5.83. The van der Waals surface area contributed by atoms with Crippen molar-refractivity contribution in [3.63, 3.8) is 0 Å². The third kappa shape index (κ3) is 4.58. The molecule has 0 saturated heterocycles. The minimum atomic E-state index is -0.149. The minimum Gasteiger partial charge on any atom is -0.363 e. The van der Waals surface area contributed by atoms with Crippen LogP contribution in [0.3, 0.4) is 0 Å². The first-order valence-corrected chi connectivity index (χ1v) is 8.45. The summed E-state index contributed by atoms with van der Waals surface area (Å²) >= 11 is 5.97.